The van der Waals surface area contributed by atoms with Gasteiger partial charge in [0.25, 0.3) is 5.56 Å². The van der Waals surface area contributed by atoms with Gasteiger partial charge in [-0.1, -0.05) is 17.7 Å². The van der Waals surface area contributed by atoms with Gasteiger partial charge in [-0.2, -0.15) is 0 Å². The molecular weight excluding hydrogens is 507 g/mol. The molecule has 3 aromatic rings. The number of likely N-dealkylation sites (N-methyl/N-ethyl adjacent to an activating group) is 1. The second kappa shape index (κ2) is 10.3. The minimum absolute atomic E-state index is 0.0473. The number of aryl methyl sites for hydroxylation is 3. The van der Waals surface area contributed by atoms with Crippen LogP contribution in [0.15, 0.2) is 53.1 Å². The smallest absolute Gasteiger partial charge is 0.277 e. The lowest BCUT2D eigenvalue weighted by Gasteiger charge is -2.32. The van der Waals surface area contributed by atoms with Crippen molar-refractivity contribution in [2.24, 2.45) is 0 Å². The number of aromatic nitrogens is 3. The van der Waals surface area contributed by atoms with Crippen LogP contribution in [0.5, 0.6) is 5.75 Å². The minimum atomic E-state index is -1.09. The second-order valence-electron chi connectivity index (χ2n) is 10.2. The van der Waals surface area contributed by atoms with Crippen molar-refractivity contribution in [2.75, 3.05) is 7.05 Å². The zero-order valence-electron chi connectivity index (χ0n) is 22.6. The van der Waals surface area contributed by atoms with E-state index >= 15 is 0 Å². The number of nitrogens with zero attached hydrogens (tertiary/aromatic N) is 4. The molecule has 3 aromatic heterocycles. The van der Waals surface area contributed by atoms with Gasteiger partial charge in [0, 0.05) is 25.0 Å². The maximum absolute atomic E-state index is 13.5. The number of pyridine rings is 3. The summed E-state index contributed by atoms with van der Waals surface area (Å²) in [6, 6.07) is 6.58. The Hall–Kier alpha value is -3.49. The molecule has 1 unspecified atom stereocenters. The van der Waals surface area contributed by atoms with Crippen LogP contribution in [0.4, 0.5) is 4.39 Å². The van der Waals surface area contributed by atoms with E-state index in [0.29, 0.717) is 28.3 Å². The summed E-state index contributed by atoms with van der Waals surface area (Å²) in [5, 5.41) is 10.5. The van der Waals surface area contributed by atoms with Crippen molar-refractivity contribution in [1.82, 2.24) is 19.4 Å². The molecule has 0 amide bonds. The lowest BCUT2D eigenvalue weighted by atomic mass is 9.97. The molecule has 0 saturated heterocycles. The van der Waals surface area contributed by atoms with Gasteiger partial charge >= 0.3 is 0 Å². The van der Waals surface area contributed by atoms with Crippen LogP contribution in [-0.4, -0.2) is 31.6 Å². The van der Waals surface area contributed by atoms with Crippen LogP contribution in [-0.2, 0) is 12.2 Å². The standard InChI is InChI=1S/C29H32ClFN4O3/c1-16-8-9-25(29(5,6)37)33-27(16)23-12-22(18(3)14-34(23)7)35-19(4)11-24(26(30)28(35)36)38-15-21-17(2)10-20(31)13-32-21/h8-14,23,37H,15H2,1-7H3. The van der Waals surface area contributed by atoms with Crippen LogP contribution in [0.2, 0.25) is 5.02 Å². The predicted molar refractivity (Wildman–Crippen MR) is 146 cm³/mol. The average Bonchev–Trinajstić information content (AvgIpc) is 2.82. The Balaban J connectivity index is 1.73. The molecule has 0 fully saturated rings. The van der Waals surface area contributed by atoms with Crippen LogP contribution in [0.1, 0.15) is 60.7 Å². The highest BCUT2D eigenvalue weighted by molar-refractivity contribution is 6.31. The molecule has 0 saturated carbocycles. The Morgan fingerprint density at radius 3 is 2.53 bits per heavy atom. The number of hydrogen-bond acceptors (Lipinski definition) is 6. The molecular formula is C29H32ClFN4O3. The molecule has 4 rings (SSSR count). The van der Waals surface area contributed by atoms with E-state index in [9.17, 15) is 14.3 Å². The van der Waals surface area contributed by atoms with Gasteiger partial charge in [0.05, 0.1) is 35.0 Å². The fraction of sp³-hybridized carbons (Fsp3) is 0.345. The molecule has 38 heavy (non-hydrogen) atoms. The van der Waals surface area contributed by atoms with E-state index in [4.69, 9.17) is 21.3 Å². The van der Waals surface area contributed by atoms with Crippen LogP contribution in [0, 0.1) is 26.6 Å². The first-order chi connectivity index (χ1) is 17.8. The van der Waals surface area contributed by atoms with E-state index in [-0.39, 0.29) is 23.4 Å². The number of aliphatic hydroxyl groups is 1. The van der Waals surface area contributed by atoms with Gasteiger partial charge in [-0.3, -0.25) is 19.3 Å². The third-order valence-corrected chi connectivity index (χ3v) is 7.01. The van der Waals surface area contributed by atoms with Crippen LogP contribution >= 0.6 is 11.6 Å². The first-order valence-corrected chi connectivity index (χ1v) is 12.6. The summed E-state index contributed by atoms with van der Waals surface area (Å²) >= 11 is 6.51. The number of allylic oxidation sites excluding steroid dienone is 2. The van der Waals surface area contributed by atoms with E-state index < -0.39 is 17.0 Å². The zero-order valence-corrected chi connectivity index (χ0v) is 23.4. The summed E-state index contributed by atoms with van der Waals surface area (Å²) in [7, 11) is 1.95. The summed E-state index contributed by atoms with van der Waals surface area (Å²) in [5.74, 6) is -0.189. The molecule has 1 N–H and O–H groups in total. The van der Waals surface area contributed by atoms with E-state index in [0.717, 1.165) is 23.0 Å². The third-order valence-electron chi connectivity index (χ3n) is 6.66. The highest BCUT2D eigenvalue weighted by Crippen LogP contribution is 2.35. The monoisotopic (exact) mass is 538 g/mol. The molecule has 1 aliphatic rings. The third kappa shape index (κ3) is 5.37. The molecule has 0 spiro atoms. The Morgan fingerprint density at radius 1 is 1.16 bits per heavy atom. The maximum atomic E-state index is 13.5. The molecule has 0 aliphatic carbocycles. The van der Waals surface area contributed by atoms with Gasteiger partial charge in [-0.25, -0.2) is 4.39 Å². The highest BCUT2D eigenvalue weighted by Gasteiger charge is 2.27. The van der Waals surface area contributed by atoms with Crippen molar-refractivity contribution >= 4 is 17.3 Å². The Morgan fingerprint density at radius 2 is 1.87 bits per heavy atom. The minimum Gasteiger partial charge on any atom is -0.485 e. The van der Waals surface area contributed by atoms with Gasteiger partial charge in [0.1, 0.15) is 28.8 Å². The van der Waals surface area contributed by atoms with Gasteiger partial charge in [0.2, 0.25) is 0 Å². The van der Waals surface area contributed by atoms with Gasteiger partial charge in [-0.05, 0) is 76.5 Å². The van der Waals surface area contributed by atoms with Crippen LogP contribution in [0.25, 0.3) is 5.70 Å². The normalized spacial score (nSPS) is 15.8. The Labute approximate surface area is 226 Å². The SMILES string of the molecule is CC1=CN(C)C(c2nc(C(C)(C)O)ccc2C)C=C1n1c(C)cc(OCc2ncc(F)cc2C)c(Cl)c1=O. The number of ether oxygens (including phenoxy) is 1. The number of rotatable bonds is 6. The van der Waals surface area contributed by atoms with E-state index in [2.05, 4.69) is 4.98 Å². The van der Waals surface area contributed by atoms with Crippen LogP contribution in [0.3, 0.4) is 0 Å². The second-order valence-corrected chi connectivity index (χ2v) is 10.6. The molecule has 7 nitrogen and oxygen atoms in total. The van der Waals surface area contributed by atoms with Crippen molar-refractivity contribution in [3.8, 4) is 5.75 Å². The fourth-order valence-corrected chi connectivity index (χ4v) is 4.70. The van der Waals surface area contributed by atoms with Crippen molar-refractivity contribution < 1.29 is 14.2 Å². The summed E-state index contributed by atoms with van der Waals surface area (Å²) in [6.07, 6.45) is 5.07. The topological polar surface area (TPSA) is 80.5 Å². The zero-order chi connectivity index (χ0) is 27.9. The summed E-state index contributed by atoms with van der Waals surface area (Å²) in [5.41, 5.74) is 4.21. The van der Waals surface area contributed by atoms with E-state index in [1.165, 1.54) is 6.07 Å². The first-order valence-electron chi connectivity index (χ1n) is 12.3. The van der Waals surface area contributed by atoms with Crippen molar-refractivity contribution in [2.45, 2.75) is 59.8 Å². The summed E-state index contributed by atoms with van der Waals surface area (Å²) in [6.45, 7) is 10.9. The summed E-state index contributed by atoms with van der Waals surface area (Å²) in [4.78, 5) is 24.4. The molecule has 0 aromatic carbocycles. The first kappa shape index (κ1) is 27.5. The quantitative estimate of drug-likeness (QED) is 0.440. The molecule has 4 heterocycles. The number of hydrogen-bond donors (Lipinski definition) is 1. The summed E-state index contributed by atoms with van der Waals surface area (Å²) < 4.78 is 20.8. The molecule has 9 heteroatoms. The maximum Gasteiger partial charge on any atom is 0.277 e. The molecule has 1 atom stereocenters. The fourth-order valence-electron chi connectivity index (χ4n) is 4.51. The molecule has 200 valence electrons. The molecule has 1 aliphatic heterocycles. The average molecular weight is 539 g/mol. The van der Waals surface area contributed by atoms with Crippen molar-refractivity contribution in [3.63, 3.8) is 0 Å². The highest BCUT2D eigenvalue weighted by atomic mass is 35.5. The lowest BCUT2D eigenvalue weighted by Crippen LogP contribution is -2.29. The Bertz CT molecular complexity index is 1520. The van der Waals surface area contributed by atoms with Gasteiger partial charge in [0.15, 0.2) is 0 Å². The predicted octanol–water partition coefficient (Wildman–Crippen LogP) is 5.59. The van der Waals surface area contributed by atoms with E-state index in [1.54, 1.807) is 31.4 Å². The van der Waals surface area contributed by atoms with E-state index in [1.807, 2.05) is 57.1 Å². The Kier molecular flexibility index (Phi) is 7.50. The van der Waals surface area contributed by atoms with Crippen molar-refractivity contribution in [3.05, 3.63) is 103 Å². The largest absolute Gasteiger partial charge is 0.485 e. The molecule has 0 radical (unpaired) electrons. The number of halogens is 2. The van der Waals surface area contributed by atoms with Crippen LogP contribution < -0.4 is 10.3 Å². The van der Waals surface area contributed by atoms with Gasteiger partial charge < -0.3 is 14.7 Å². The lowest BCUT2D eigenvalue weighted by molar-refractivity contribution is 0.0734. The van der Waals surface area contributed by atoms with Gasteiger partial charge in [-0.15, -0.1) is 0 Å². The van der Waals surface area contributed by atoms with Crippen molar-refractivity contribution in [1.29, 1.82) is 0 Å². The molecule has 0 bridgehead atoms.